The number of nitrogens with zero attached hydrogens (tertiary/aromatic N) is 3. The van der Waals surface area contributed by atoms with Crippen LogP contribution >= 0.6 is 11.8 Å². The van der Waals surface area contributed by atoms with Crippen molar-refractivity contribution in [2.75, 3.05) is 5.75 Å². The maximum Gasteiger partial charge on any atom is 0.191 e. The summed E-state index contributed by atoms with van der Waals surface area (Å²) >= 11 is 1.44. The molecule has 0 spiro atoms. The van der Waals surface area contributed by atoms with Crippen molar-refractivity contribution in [1.29, 1.82) is 0 Å². The fourth-order valence-corrected chi connectivity index (χ4v) is 3.51. The van der Waals surface area contributed by atoms with Crippen molar-refractivity contribution in [3.63, 3.8) is 0 Å². The number of Topliss-reactive ketones (excluding diaryl/α,β-unsaturated/α-hetero) is 1. The van der Waals surface area contributed by atoms with Crippen LogP contribution in [0.3, 0.4) is 0 Å². The van der Waals surface area contributed by atoms with Crippen molar-refractivity contribution in [3.8, 4) is 11.4 Å². The summed E-state index contributed by atoms with van der Waals surface area (Å²) in [4.78, 5) is 12.5. The summed E-state index contributed by atoms with van der Waals surface area (Å²) in [5.41, 5.74) is 4.12. The summed E-state index contributed by atoms with van der Waals surface area (Å²) in [5, 5.41) is 9.38. The third kappa shape index (κ3) is 3.82. The van der Waals surface area contributed by atoms with Crippen molar-refractivity contribution in [2.24, 2.45) is 0 Å². The second kappa shape index (κ2) is 7.66. The van der Waals surface area contributed by atoms with E-state index in [4.69, 9.17) is 0 Å². The van der Waals surface area contributed by atoms with Gasteiger partial charge in [-0.25, -0.2) is 0 Å². The summed E-state index contributed by atoms with van der Waals surface area (Å²) in [6.45, 7) is 6.90. The summed E-state index contributed by atoms with van der Waals surface area (Å²) in [6.07, 6.45) is 0. The molecule has 0 saturated carbocycles. The van der Waals surface area contributed by atoms with Crippen molar-refractivity contribution >= 4 is 17.5 Å². The van der Waals surface area contributed by atoms with Gasteiger partial charge < -0.3 is 4.57 Å². The monoisotopic (exact) mass is 351 g/mol. The Morgan fingerprint density at radius 2 is 1.80 bits per heavy atom. The van der Waals surface area contributed by atoms with Crippen LogP contribution in [0.2, 0.25) is 0 Å². The molecule has 0 fully saturated rings. The highest BCUT2D eigenvalue weighted by Crippen LogP contribution is 2.24. The second-order valence-corrected chi connectivity index (χ2v) is 6.87. The molecule has 0 unspecified atom stereocenters. The normalized spacial score (nSPS) is 10.8. The number of hydrogen-bond acceptors (Lipinski definition) is 4. The average Bonchev–Trinajstić information content (AvgIpc) is 3.05. The van der Waals surface area contributed by atoms with E-state index in [1.165, 1.54) is 17.3 Å². The zero-order valence-corrected chi connectivity index (χ0v) is 15.5. The smallest absolute Gasteiger partial charge is 0.191 e. The molecule has 0 aliphatic rings. The predicted molar refractivity (Wildman–Crippen MR) is 102 cm³/mol. The Bertz CT molecular complexity index is 887. The summed E-state index contributed by atoms with van der Waals surface area (Å²) in [7, 11) is 0. The second-order valence-electron chi connectivity index (χ2n) is 5.93. The van der Waals surface area contributed by atoms with Gasteiger partial charge in [0.2, 0.25) is 0 Å². The molecule has 4 nitrogen and oxygen atoms in total. The lowest BCUT2D eigenvalue weighted by Crippen LogP contribution is -2.05. The Morgan fingerprint density at radius 1 is 1.04 bits per heavy atom. The van der Waals surface area contributed by atoms with Crippen LogP contribution in [-0.2, 0) is 6.54 Å². The molecule has 3 rings (SSSR count). The predicted octanol–water partition coefficient (Wildman–Crippen LogP) is 4.56. The molecule has 0 radical (unpaired) electrons. The molecule has 0 N–H and O–H groups in total. The highest BCUT2D eigenvalue weighted by atomic mass is 32.2. The van der Waals surface area contributed by atoms with E-state index in [1.807, 2.05) is 66.9 Å². The van der Waals surface area contributed by atoms with Gasteiger partial charge in [0.15, 0.2) is 16.8 Å². The third-order valence-electron chi connectivity index (χ3n) is 4.23. The molecule has 0 amide bonds. The van der Waals surface area contributed by atoms with Crippen LogP contribution in [0.4, 0.5) is 0 Å². The minimum Gasteiger partial charge on any atom is -0.302 e. The number of rotatable bonds is 6. The van der Waals surface area contributed by atoms with Gasteiger partial charge in [-0.3, -0.25) is 4.79 Å². The number of thioether (sulfide) groups is 1. The number of benzene rings is 2. The molecule has 1 heterocycles. The third-order valence-corrected chi connectivity index (χ3v) is 5.19. The molecule has 1 aromatic heterocycles. The Labute approximate surface area is 152 Å². The maximum atomic E-state index is 12.5. The van der Waals surface area contributed by atoms with Crippen LogP contribution in [-0.4, -0.2) is 26.3 Å². The lowest BCUT2D eigenvalue weighted by molar-refractivity contribution is 0.102. The van der Waals surface area contributed by atoms with Crippen molar-refractivity contribution < 1.29 is 4.79 Å². The van der Waals surface area contributed by atoms with Gasteiger partial charge in [0, 0.05) is 17.7 Å². The standard InChI is InChI=1S/C20H21N3OS/c1-4-23-19(16-8-6-5-7-9-16)21-22-20(23)25-13-18(24)17-11-10-14(2)15(3)12-17/h5-12H,4,13H2,1-3H3. The first-order valence-corrected chi connectivity index (χ1v) is 9.30. The molecule has 3 aromatic rings. The van der Waals surface area contributed by atoms with Gasteiger partial charge >= 0.3 is 0 Å². The van der Waals surface area contributed by atoms with Crippen molar-refractivity contribution in [3.05, 3.63) is 65.2 Å². The minimum absolute atomic E-state index is 0.111. The number of hydrogen-bond donors (Lipinski definition) is 0. The van der Waals surface area contributed by atoms with Gasteiger partial charge in [0.25, 0.3) is 0 Å². The summed E-state index contributed by atoms with van der Waals surface area (Å²) in [6, 6.07) is 15.8. The van der Waals surface area contributed by atoms with Crippen molar-refractivity contribution in [2.45, 2.75) is 32.5 Å². The molecule has 5 heteroatoms. The molecular formula is C20H21N3OS. The van der Waals surface area contributed by atoms with E-state index in [0.717, 1.165) is 34.2 Å². The number of carbonyl (C=O) groups excluding carboxylic acids is 1. The highest BCUT2D eigenvalue weighted by molar-refractivity contribution is 7.99. The molecule has 0 saturated heterocycles. The highest BCUT2D eigenvalue weighted by Gasteiger charge is 2.15. The molecule has 2 aromatic carbocycles. The lowest BCUT2D eigenvalue weighted by atomic mass is 10.0. The number of ketones is 1. The van der Waals surface area contributed by atoms with Crippen LogP contribution in [0.15, 0.2) is 53.7 Å². The number of carbonyl (C=O) groups is 1. The fraction of sp³-hybridized carbons (Fsp3) is 0.250. The van der Waals surface area contributed by atoms with Gasteiger partial charge in [0.1, 0.15) is 0 Å². The molecule has 128 valence electrons. The Morgan fingerprint density at radius 3 is 2.48 bits per heavy atom. The number of aryl methyl sites for hydroxylation is 2. The average molecular weight is 351 g/mol. The minimum atomic E-state index is 0.111. The van der Waals surface area contributed by atoms with Crippen LogP contribution in [0.25, 0.3) is 11.4 Å². The molecule has 25 heavy (non-hydrogen) atoms. The van der Waals surface area contributed by atoms with Crippen molar-refractivity contribution in [1.82, 2.24) is 14.8 Å². The maximum absolute atomic E-state index is 12.5. The molecule has 0 aliphatic heterocycles. The number of aromatic nitrogens is 3. The molecule has 0 aliphatic carbocycles. The van der Waals surface area contributed by atoms with Gasteiger partial charge in [-0.15, -0.1) is 10.2 Å². The van der Waals surface area contributed by atoms with E-state index in [9.17, 15) is 4.79 Å². The quantitative estimate of drug-likeness (QED) is 0.482. The van der Waals surface area contributed by atoms with Gasteiger partial charge in [-0.05, 0) is 38.0 Å². The van der Waals surface area contributed by atoms with E-state index in [-0.39, 0.29) is 5.78 Å². The zero-order chi connectivity index (χ0) is 17.8. The Kier molecular flexibility index (Phi) is 5.34. The first kappa shape index (κ1) is 17.4. The zero-order valence-electron chi connectivity index (χ0n) is 14.7. The van der Waals surface area contributed by atoms with Crippen LogP contribution < -0.4 is 0 Å². The van der Waals surface area contributed by atoms with E-state index >= 15 is 0 Å². The fourth-order valence-electron chi connectivity index (χ4n) is 2.61. The van der Waals surface area contributed by atoms with E-state index in [2.05, 4.69) is 17.1 Å². The Balaban J connectivity index is 1.76. The van der Waals surface area contributed by atoms with E-state index in [1.54, 1.807) is 0 Å². The van der Waals surface area contributed by atoms with Crippen LogP contribution in [0, 0.1) is 13.8 Å². The molecule has 0 atom stereocenters. The largest absolute Gasteiger partial charge is 0.302 e. The molecular weight excluding hydrogens is 330 g/mol. The molecule has 0 bridgehead atoms. The van der Waals surface area contributed by atoms with Crippen LogP contribution in [0.5, 0.6) is 0 Å². The van der Waals surface area contributed by atoms with E-state index < -0.39 is 0 Å². The van der Waals surface area contributed by atoms with Gasteiger partial charge in [0.05, 0.1) is 5.75 Å². The Hall–Kier alpha value is -2.40. The van der Waals surface area contributed by atoms with E-state index in [0.29, 0.717) is 5.75 Å². The summed E-state index contributed by atoms with van der Waals surface area (Å²) < 4.78 is 2.05. The van der Waals surface area contributed by atoms with Crippen LogP contribution in [0.1, 0.15) is 28.4 Å². The topological polar surface area (TPSA) is 47.8 Å². The first-order valence-electron chi connectivity index (χ1n) is 8.32. The summed E-state index contributed by atoms with van der Waals surface area (Å²) in [5.74, 6) is 1.30. The van der Waals surface area contributed by atoms with Gasteiger partial charge in [-0.2, -0.15) is 0 Å². The SMILES string of the molecule is CCn1c(SCC(=O)c2ccc(C)c(C)c2)nnc1-c1ccccc1. The lowest BCUT2D eigenvalue weighted by Gasteiger charge is -2.07. The van der Waals surface area contributed by atoms with Gasteiger partial charge in [-0.1, -0.05) is 54.2 Å². The first-order chi connectivity index (χ1) is 12.1.